The minimum absolute atomic E-state index is 0.0596. The second kappa shape index (κ2) is 6.70. The number of esters is 1. The van der Waals surface area contributed by atoms with E-state index in [1.807, 2.05) is 6.07 Å². The van der Waals surface area contributed by atoms with Crippen molar-refractivity contribution in [3.05, 3.63) is 21.2 Å². The van der Waals surface area contributed by atoms with E-state index in [-0.39, 0.29) is 11.9 Å². The van der Waals surface area contributed by atoms with Crippen molar-refractivity contribution in [3.63, 3.8) is 0 Å². The van der Waals surface area contributed by atoms with Crippen LogP contribution < -0.4 is 5.32 Å². The second-order valence-electron chi connectivity index (χ2n) is 4.70. The molecule has 0 spiro atoms. The van der Waals surface area contributed by atoms with Gasteiger partial charge in [-0.3, -0.25) is 4.79 Å². The van der Waals surface area contributed by atoms with Crippen LogP contribution >= 0.6 is 31.9 Å². The average Bonchev–Trinajstić information content (AvgIpc) is 2.42. The van der Waals surface area contributed by atoms with Gasteiger partial charge in [0, 0.05) is 16.7 Å². The molecule has 0 saturated heterocycles. The topological polar surface area (TPSA) is 51.2 Å². The van der Waals surface area contributed by atoms with Crippen LogP contribution in [0, 0.1) is 5.92 Å². The van der Waals surface area contributed by atoms with Crippen LogP contribution in [-0.4, -0.2) is 24.1 Å². The van der Waals surface area contributed by atoms with E-state index in [0.29, 0.717) is 6.04 Å². The molecular formula is C13H16Br2N2O2. The second-order valence-corrected chi connectivity index (χ2v) is 6.47. The van der Waals surface area contributed by atoms with E-state index in [4.69, 9.17) is 4.74 Å². The molecule has 19 heavy (non-hydrogen) atoms. The molecule has 0 unspecified atom stereocenters. The number of carbonyl (C=O) groups is 1. The highest BCUT2D eigenvalue weighted by molar-refractivity contribution is 9.11. The van der Waals surface area contributed by atoms with Crippen molar-refractivity contribution < 1.29 is 9.53 Å². The summed E-state index contributed by atoms with van der Waals surface area (Å²) in [6, 6.07) is 2.33. The number of ether oxygens (including phenoxy) is 1. The number of pyridine rings is 1. The minimum Gasteiger partial charge on any atom is -0.469 e. The van der Waals surface area contributed by atoms with Gasteiger partial charge in [-0.25, -0.2) is 4.98 Å². The van der Waals surface area contributed by atoms with Crippen molar-refractivity contribution >= 4 is 43.6 Å². The Balaban J connectivity index is 1.90. The molecule has 0 bridgehead atoms. The SMILES string of the molecule is COC(=O)C1CCC(Nc2ncc(Br)cc2Br)CC1. The Hall–Kier alpha value is -0.620. The molecule has 1 aliphatic carbocycles. The van der Waals surface area contributed by atoms with Gasteiger partial charge >= 0.3 is 5.97 Å². The summed E-state index contributed by atoms with van der Waals surface area (Å²) < 4.78 is 6.68. The molecule has 104 valence electrons. The Morgan fingerprint density at radius 1 is 1.37 bits per heavy atom. The number of aromatic nitrogens is 1. The molecular weight excluding hydrogens is 376 g/mol. The van der Waals surface area contributed by atoms with Crippen LogP contribution in [0.15, 0.2) is 21.2 Å². The predicted molar refractivity (Wildman–Crippen MR) is 81.0 cm³/mol. The van der Waals surface area contributed by atoms with Crippen molar-refractivity contribution in [2.75, 3.05) is 12.4 Å². The number of halogens is 2. The van der Waals surface area contributed by atoms with Gasteiger partial charge in [-0.2, -0.15) is 0 Å². The summed E-state index contributed by atoms with van der Waals surface area (Å²) in [4.78, 5) is 15.8. The highest BCUT2D eigenvalue weighted by Gasteiger charge is 2.27. The third kappa shape index (κ3) is 3.92. The van der Waals surface area contributed by atoms with E-state index in [1.165, 1.54) is 7.11 Å². The van der Waals surface area contributed by atoms with E-state index in [9.17, 15) is 4.79 Å². The summed E-state index contributed by atoms with van der Waals surface area (Å²) in [6.07, 6.45) is 5.44. The molecule has 0 atom stereocenters. The fourth-order valence-electron chi connectivity index (χ4n) is 2.35. The third-order valence-electron chi connectivity index (χ3n) is 3.41. The average molecular weight is 392 g/mol. The molecule has 4 nitrogen and oxygen atoms in total. The lowest BCUT2D eigenvalue weighted by Crippen LogP contribution is -2.30. The molecule has 0 aromatic carbocycles. The van der Waals surface area contributed by atoms with Crippen molar-refractivity contribution in [3.8, 4) is 0 Å². The first-order valence-electron chi connectivity index (χ1n) is 6.25. The van der Waals surface area contributed by atoms with Gasteiger partial charge in [-0.1, -0.05) is 0 Å². The van der Waals surface area contributed by atoms with E-state index >= 15 is 0 Å². The number of anilines is 1. The monoisotopic (exact) mass is 390 g/mol. The lowest BCUT2D eigenvalue weighted by molar-refractivity contribution is -0.146. The van der Waals surface area contributed by atoms with Crippen LogP contribution in [0.3, 0.4) is 0 Å². The van der Waals surface area contributed by atoms with Crippen LogP contribution in [0.4, 0.5) is 5.82 Å². The van der Waals surface area contributed by atoms with Gasteiger partial charge in [0.25, 0.3) is 0 Å². The summed E-state index contributed by atoms with van der Waals surface area (Å²) in [5, 5.41) is 3.42. The number of methoxy groups -OCH3 is 1. The van der Waals surface area contributed by atoms with Crippen LogP contribution in [0.1, 0.15) is 25.7 Å². The lowest BCUT2D eigenvalue weighted by atomic mass is 9.86. The number of rotatable bonds is 3. The molecule has 6 heteroatoms. The molecule has 1 fully saturated rings. The van der Waals surface area contributed by atoms with Gasteiger partial charge < -0.3 is 10.1 Å². The van der Waals surface area contributed by atoms with Gasteiger partial charge in [0.15, 0.2) is 0 Å². The molecule has 0 amide bonds. The Morgan fingerprint density at radius 3 is 2.63 bits per heavy atom. The molecule has 0 radical (unpaired) electrons. The van der Waals surface area contributed by atoms with E-state index in [1.54, 1.807) is 6.20 Å². The first-order valence-corrected chi connectivity index (χ1v) is 7.84. The maximum Gasteiger partial charge on any atom is 0.308 e. The van der Waals surface area contributed by atoms with Crippen molar-refractivity contribution in [1.29, 1.82) is 0 Å². The Morgan fingerprint density at radius 2 is 2.05 bits per heavy atom. The van der Waals surface area contributed by atoms with E-state index in [0.717, 1.165) is 40.4 Å². The predicted octanol–water partition coefficient (Wildman–Crippen LogP) is 3.75. The Labute approximate surface area is 129 Å². The lowest BCUT2D eigenvalue weighted by Gasteiger charge is -2.28. The van der Waals surface area contributed by atoms with Crippen LogP contribution in [-0.2, 0) is 9.53 Å². The third-order valence-corrected chi connectivity index (χ3v) is 4.45. The highest BCUT2D eigenvalue weighted by Crippen LogP contribution is 2.30. The summed E-state index contributed by atoms with van der Waals surface area (Å²) >= 11 is 6.87. The summed E-state index contributed by atoms with van der Waals surface area (Å²) in [6.45, 7) is 0. The number of nitrogens with zero attached hydrogens (tertiary/aromatic N) is 1. The van der Waals surface area contributed by atoms with Crippen LogP contribution in [0.5, 0.6) is 0 Å². The van der Waals surface area contributed by atoms with Gasteiger partial charge in [-0.15, -0.1) is 0 Å². The number of nitrogens with one attached hydrogen (secondary N) is 1. The molecule has 0 aliphatic heterocycles. The smallest absolute Gasteiger partial charge is 0.308 e. The zero-order chi connectivity index (χ0) is 13.8. The normalized spacial score (nSPS) is 22.9. The van der Waals surface area contributed by atoms with Crippen molar-refractivity contribution in [1.82, 2.24) is 4.98 Å². The molecule has 1 saturated carbocycles. The van der Waals surface area contributed by atoms with Gasteiger partial charge in [0.2, 0.25) is 0 Å². The maximum absolute atomic E-state index is 11.5. The van der Waals surface area contributed by atoms with Gasteiger partial charge in [0.05, 0.1) is 17.5 Å². The van der Waals surface area contributed by atoms with Crippen molar-refractivity contribution in [2.45, 2.75) is 31.7 Å². The number of hydrogen-bond acceptors (Lipinski definition) is 4. The molecule has 1 aliphatic rings. The summed E-state index contributed by atoms with van der Waals surface area (Å²) in [7, 11) is 1.45. The van der Waals surface area contributed by atoms with E-state index < -0.39 is 0 Å². The fraction of sp³-hybridized carbons (Fsp3) is 0.538. The van der Waals surface area contributed by atoms with Crippen LogP contribution in [0.25, 0.3) is 0 Å². The number of carbonyl (C=O) groups excluding carboxylic acids is 1. The van der Waals surface area contributed by atoms with Crippen LogP contribution in [0.2, 0.25) is 0 Å². The molecule has 1 heterocycles. The first kappa shape index (κ1) is 14.8. The highest BCUT2D eigenvalue weighted by atomic mass is 79.9. The summed E-state index contributed by atoms with van der Waals surface area (Å²) in [5.74, 6) is 0.829. The fourth-order valence-corrected chi connectivity index (χ4v) is 3.46. The maximum atomic E-state index is 11.5. The molecule has 1 N–H and O–H groups in total. The molecule has 1 aromatic rings. The Bertz CT molecular complexity index is 460. The standard InChI is InChI=1S/C13H16Br2N2O2/c1-19-13(18)8-2-4-10(5-3-8)17-12-11(15)6-9(14)7-16-12/h6-8,10H,2-5H2,1H3,(H,16,17). The largest absolute Gasteiger partial charge is 0.469 e. The summed E-state index contributed by atoms with van der Waals surface area (Å²) in [5.41, 5.74) is 0. The molecule has 1 aromatic heterocycles. The van der Waals surface area contributed by atoms with Gasteiger partial charge in [0.1, 0.15) is 5.82 Å². The van der Waals surface area contributed by atoms with Gasteiger partial charge in [-0.05, 0) is 63.6 Å². The Kier molecular flexibility index (Phi) is 5.21. The minimum atomic E-state index is -0.0820. The quantitative estimate of drug-likeness (QED) is 0.797. The molecule has 2 rings (SSSR count). The first-order chi connectivity index (χ1) is 9.10. The zero-order valence-electron chi connectivity index (χ0n) is 10.7. The zero-order valence-corrected chi connectivity index (χ0v) is 13.8. The van der Waals surface area contributed by atoms with E-state index in [2.05, 4.69) is 42.2 Å². The van der Waals surface area contributed by atoms with Crippen molar-refractivity contribution in [2.24, 2.45) is 5.92 Å². The number of hydrogen-bond donors (Lipinski definition) is 1.